The predicted octanol–water partition coefficient (Wildman–Crippen LogP) is 3.55. The van der Waals surface area contributed by atoms with Crippen LogP contribution in [0.1, 0.15) is 17.7 Å². The first kappa shape index (κ1) is 10.9. The quantitative estimate of drug-likeness (QED) is 0.790. The van der Waals surface area contributed by atoms with Crippen molar-refractivity contribution < 1.29 is 0 Å². The number of rotatable bonds is 0. The van der Waals surface area contributed by atoms with E-state index in [9.17, 15) is 0 Å². The Kier molecular flexibility index (Phi) is 2.49. The van der Waals surface area contributed by atoms with Gasteiger partial charge in [0.2, 0.25) is 5.95 Å². The molecule has 0 saturated carbocycles. The molecule has 5 heteroatoms. The second-order valence-corrected chi connectivity index (χ2v) is 5.75. The fourth-order valence-corrected chi connectivity index (χ4v) is 3.24. The van der Waals surface area contributed by atoms with E-state index in [0.717, 1.165) is 16.8 Å². The Labute approximate surface area is 108 Å². The van der Waals surface area contributed by atoms with Gasteiger partial charge < -0.3 is 5.73 Å². The number of aromatic nitrogens is 2. The fraction of sp³-hybridized carbons (Fsp3) is 0.167. The summed E-state index contributed by atoms with van der Waals surface area (Å²) < 4.78 is 0. The fourth-order valence-electron chi connectivity index (χ4n) is 1.96. The van der Waals surface area contributed by atoms with Gasteiger partial charge in [-0.1, -0.05) is 11.6 Å². The lowest BCUT2D eigenvalue weighted by atomic mass is 10.0. The molecule has 2 aromatic rings. The Morgan fingerprint density at radius 2 is 2.24 bits per heavy atom. The topological polar surface area (TPSA) is 51.8 Å². The highest BCUT2D eigenvalue weighted by Gasteiger charge is 2.24. The Bertz CT molecular complexity index is 600. The highest BCUT2D eigenvalue weighted by Crippen LogP contribution is 2.48. The smallest absolute Gasteiger partial charge is 0.220 e. The minimum atomic E-state index is 0.300. The molecule has 0 amide bonds. The number of hydrogen-bond donors (Lipinski definition) is 1. The van der Waals surface area contributed by atoms with Crippen molar-refractivity contribution in [3.8, 4) is 11.3 Å². The number of benzene rings is 1. The van der Waals surface area contributed by atoms with E-state index in [2.05, 4.69) is 16.9 Å². The summed E-state index contributed by atoms with van der Waals surface area (Å²) in [6, 6.07) is 5.86. The van der Waals surface area contributed by atoms with Crippen LogP contribution >= 0.6 is 23.4 Å². The third-order valence-electron chi connectivity index (χ3n) is 2.77. The zero-order valence-corrected chi connectivity index (χ0v) is 10.7. The summed E-state index contributed by atoms with van der Waals surface area (Å²) >= 11 is 7.83. The van der Waals surface area contributed by atoms with Gasteiger partial charge in [0, 0.05) is 32.5 Å². The summed E-state index contributed by atoms with van der Waals surface area (Å²) in [5.41, 5.74) is 8.72. The van der Waals surface area contributed by atoms with Gasteiger partial charge in [-0.3, -0.25) is 0 Å². The van der Waals surface area contributed by atoms with Gasteiger partial charge in [0.1, 0.15) is 0 Å². The molecule has 0 aliphatic carbocycles. The van der Waals surface area contributed by atoms with Crippen LogP contribution < -0.4 is 5.73 Å². The average molecular weight is 264 g/mol. The zero-order valence-electron chi connectivity index (χ0n) is 9.14. The lowest BCUT2D eigenvalue weighted by Gasteiger charge is -2.23. The monoisotopic (exact) mass is 263 g/mol. The second kappa shape index (κ2) is 3.89. The van der Waals surface area contributed by atoms with Gasteiger partial charge in [0.05, 0.1) is 5.69 Å². The molecule has 1 aliphatic rings. The SMILES string of the molecule is C[C@@H]1Sc2ccc(Cl)cc2-c2nc(N)ncc21. The van der Waals surface area contributed by atoms with Gasteiger partial charge in [0.25, 0.3) is 0 Å². The summed E-state index contributed by atoms with van der Waals surface area (Å²) in [5.74, 6) is 0.300. The van der Waals surface area contributed by atoms with Gasteiger partial charge in [-0.25, -0.2) is 9.97 Å². The van der Waals surface area contributed by atoms with Crippen LogP contribution in [0, 0.1) is 0 Å². The minimum Gasteiger partial charge on any atom is -0.368 e. The van der Waals surface area contributed by atoms with Gasteiger partial charge in [-0.15, -0.1) is 11.8 Å². The van der Waals surface area contributed by atoms with Crippen molar-refractivity contribution in [3.05, 3.63) is 35.0 Å². The lowest BCUT2D eigenvalue weighted by molar-refractivity contribution is 1.02. The minimum absolute atomic E-state index is 0.300. The lowest BCUT2D eigenvalue weighted by Crippen LogP contribution is -2.06. The molecule has 2 heterocycles. The van der Waals surface area contributed by atoms with E-state index in [0.29, 0.717) is 16.2 Å². The molecule has 1 aromatic heterocycles. The van der Waals surface area contributed by atoms with Crippen molar-refractivity contribution in [1.29, 1.82) is 0 Å². The van der Waals surface area contributed by atoms with Crippen LogP contribution in [0.15, 0.2) is 29.3 Å². The molecule has 17 heavy (non-hydrogen) atoms. The van der Waals surface area contributed by atoms with Crippen LogP contribution in [-0.4, -0.2) is 9.97 Å². The van der Waals surface area contributed by atoms with E-state index in [4.69, 9.17) is 17.3 Å². The Morgan fingerprint density at radius 3 is 3.06 bits per heavy atom. The molecule has 0 unspecified atom stereocenters. The van der Waals surface area contributed by atoms with Crippen molar-refractivity contribution in [2.75, 3.05) is 5.73 Å². The molecular formula is C12H10ClN3S. The molecule has 1 aromatic carbocycles. The third kappa shape index (κ3) is 1.77. The predicted molar refractivity (Wildman–Crippen MR) is 71.2 cm³/mol. The molecule has 0 bridgehead atoms. The molecular weight excluding hydrogens is 254 g/mol. The highest BCUT2D eigenvalue weighted by atomic mass is 35.5. The van der Waals surface area contributed by atoms with E-state index in [1.165, 1.54) is 4.90 Å². The summed E-state index contributed by atoms with van der Waals surface area (Å²) in [7, 11) is 0. The number of thioether (sulfide) groups is 1. The van der Waals surface area contributed by atoms with Gasteiger partial charge in [0.15, 0.2) is 0 Å². The van der Waals surface area contributed by atoms with E-state index >= 15 is 0 Å². The van der Waals surface area contributed by atoms with Gasteiger partial charge in [-0.2, -0.15) is 0 Å². The van der Waals surface area contributed by atoms with E-state index in [-0.39, 0.29) is 0 Å². The standard InChI is InChI=1S/C12H10ClN3S/c1-6-9-5-15-12(14)16-11(9)8-4-7(13)2-3-10(8)17-6/h2-6H,1H3,(H2,14,15,16)/t6-/m0/s1. The summed E-state index contributed by atoms with van der Waals surface area (Å²) in [6.45, 7) is 2.14. The number of anilines is 1. The highest BCUT2D eigenvalue weighted by molar-refractivity contribution is 7.99. The number of nitrogens with zero attached hydrogens (tertiary/aromatic N) is 2. The van der Waals surface area contributed by atoms with E-state index in [1.807, 2.05) is 18.2 Å². The van der Waals surface area contributed by atoms with Gasteiger partial charge >= 0.3 is 0 Å². The Balaban J connectivity index is 2.30. The summed E-state index contributed by atoms with van der Waals surface area (Å²) in [6.07, 6.45) is 1.80. The van der Waals surface area contributed by atoms with Gasteiger partial charge in [-0.05, 0) is 25.1 Å². The third-order valence-corrected chi connectivity index (χ3v) is 4.23. The first-order valence-corrected chi connectivity index (χ1v) is 6.50. The maximum absolute atomic E-state index is 6.04. The molecule has 1 aliphatic heterocycles. The number of nitrogen functional groups attached to an aromatic ring is 1. The van der Waals surface area contributed by atoms with Crippen LogP contribution in [0.5, 0.6) is 0 Å². The van der Waals surface area contributed by atoms with E-state index in [1.54, 1.807) is 18.0 Å². The number of hydrogen-bond acceptors (Lipinski definition) is 4. The molecule has 1 atom stereocenters. The molecule has 0 radical (unpaired) electrons. The molecule has 0 spiro atoms. The summed E-state index contributed by atoms with van der Waals surface area (Å²) in [4.78, 5) is 9.59. The first-order chi connectivity index (χ1) is 8.15. The molecule has 3 rings (SSSR count). The van der Waals surface area contributed by atoms with Crippen molar-refractivity contribution in [2.45, 2.75) is 17.1 Å². The van der Waals surface area contributed by atoms with Crippen molar-refractivity contribution >= 4 is 29.3 Å². The maximum Gasteiger partial charge on any atom is 0.220 e. The zero-order chi connectivity index (χ0) is 12.0. The summed E-state index contributed by atoms with van der Waals surface area (Å²) in [5, 5.41) is 1.04. The van der Waals surface area contributed by atoms with Crippen LogP contribution in [-0.2, 0) is 0 Å². The number of halogens is 1. The van der Waals surface area contributed by atoms with Crippen molar-refractivity contribution in [1.82, 2.24) is 9.97 Å². The second-order valence-electron chi connectivity index (χ2n) is 3.93. The van der Waals surface area contributed by atoms with Crippen molar-refractivity contribution in [3.63, 3.8) is 0 Å². The van der Waals surface area contributed by atoms with E-state index < -0.39 is 0 Å². The number of nitrogens with two attached hydrogens (primary N) is 1. The first-order valence-electron chi connectivity index (χ1n) is 5.24. The number of fused-ring (bicyclic) bond motifs is 3. The molecule has 86 valence electrons. The maximum atomic E-state index is 6.04. The normalized spacial score (nSPS) is 17.4. The van der Waals surface area contributed by atoms with Crippen molar-refractivity contribution in [2.24, 2.45) is 0 Å². The molecule has 0 fully saturated rings. The Hall–Kier alpha value is -1.26. The average Bonchev–Trinajstić information content (AvgIpc) is 2.30. The molecule has 3 nitrogen and oxygen atoms in total. The largest absolute Gasteiger partial charge is 0.368 e. The van der Waals surface area contributed by atoms with Crippen LogP contribution in [0.4, 0.5) is 5.95 Å². The van der Waals surface area contributed by atoms with Crippen LogP contribution in [0.2, 0.25) is 5.02 Å². The Morgan fingerprint density at radius 1 is 1.41 bits per heavy atom. The molecule has 2 N–H and O–H groups in total. The van der Waals surface area contributed by atoms with Crippen LogP contribution in [0.25, 0.3) is 11.3 Å². The van der Waals surface area contributed by atoms with Crippen LogP contribution in [0.3, 0.4) is 0 Å². The molecule has 0 saturated heterocycles.